The lowest BCUT2D eigenvalue weighted by Gasteiger charge is -2.23. The highest BCUT2D eigenvalue weighted by Crippen LogP contribution is 2.26. The minimum absolute atomic E-state index is 0.0506. The lowest BCUT2D eigenvalue weighted by Crippen LogP contribution is -2.40. The normalized spacial score (nSPS) is 13.0. The maximum absolute atomic E-state index is 13.2. The number of anilines is 1. The predicted octanol–water partition coefficient (Wildman–Crippen LogP) is 2.94. The largest absolute Gasteiger partial charge is 0.466 e. The van der Waals surface area contributed by atoms with Crippen LogP contribution in [0.2, 0.25) is 0 Å². The Morgan fingerprint density at radius 1 is 1.42 bits per heavy atom. The molecule has 0 saturated heterocycles. The van der Waals surface area contributed by atoms with Crippen LogP contribution in [0.5, 0.6) is 0 Å². The lowest BCUT2D eigenvalue weighted by atomic mass is 9.96. The summed E-state index contributed by atoms with van der Waals surface area (Å²) in [5.41, 5.74) is -0.599. The molecule has 0 aliphatic heterocycles. The first-order chi connectivity index (χ1) is 11.2. The van der Waals surface area contributed by atoms with Crippen LogP contribution in [0, 0.1) is 31.0 Å². The van der Waals surface area contributed by atoms with Crippen LogP contribution < -0.4 is 10.6 Å². The number of nitrogens with zero attached hydrogens (tertiary/aromatic N) is 1. The van der Waals surface area contributed by atoms with Crippen molar-refractivity contribution in [2.75, 3.05) is 11.9 Å². The Balaban J connectivity index is 2.00. The molecule has 126 valence electrons. The Morgan fingerprint density at radius 3 is 2.71 bits per heavy atom. The third-order valence-corrected chi connectivity index (χ3v) is 3.56. The summed E-state index contributed by atoms with van der Waals surface area (Å²) in [4.78, 5) is 11.9. The Kier molecular flexibility index (Phi) is 4.90. The number of urea groups is 1. The van der Waals surface area contributed by atoms with E-state index in [9.17, 15) is 14.3 Å². The molecule has 0 aliphatic carbocycles. The van der Waals surface area contributed by atoms with Crippen molar-refractivity contribution in [3.05, 3.63) is 52.7 Å². The third kappa shape index (κ3) is 3.91. The monoisotopic (exact) mass is 331 g/mol. The summed E-state index contributed by atoms with van der Waals surface area (Å²) in [5, 5.41) is 24.3. The Bertz CT molecular complexity index is 806. The van der Waals surface area contributed by atoms with E-state index >= 15 is 0 Å². The molecule has 6 nitrogen and oxygen atoms in total. The van der Waals surface area contributed by atoms with Crippen LogP contribution in [-0.4, -0.2) is 17.7 Å². The summed E-state index contributed by atoms with van der Waals surface area (Å²) in [6, 6.07) is 6.51. The quantitative estimate of drug-likeness (QED) is 0.802. The highest BCUT2D eigenvalue weighted by atomic mass is 19.1. The second-order valence-corrected chi connectivity index (χ2v) is 5.71. The second-order valence-electron chi connectivity index (χ2n) is 5.71. The summed E-state index contributed by atoms with van der Waals surface area (Å²) in [6.07, 6.45) is 0. The third-order valence-electron chi connectivity index (χ3n) is 3.56. The fourth-order valence-electron chi connectivity index (χ4n) is 2.38. The van der Waals surface area contributed by atoms with E-state index in [0.717, 1.165) is 6.07 Å². The molecule has 0 bridgehead atoms. The number of nitriles is 1. The summed E-state index contributed by atoms with van der Waals surface area (Å²) < 4.78 is 18.6. The fraction of sp³-hybridized carbons (Fsp3) is 0.294. The standard InChI is InChI=1S/C17H18FN3O3/c1-10-6-14(11(2)24-10)17(3,23)9-20-16(22)21-13-4-5-15(18)12(7-13)8-19/h4-7,23H,9H2,1-3H3,(H2,20,21,22)/t17-/m0/s1. The molecule has 0 fully saturated rings. The maximum Gasteiger partial charge on any atom is 0.319 e. The molecule has 1 aromatic carbocycles. The summed E-state index contributed by atoms with van der Waals surface area (Å²) in [6.45, 7) is 5.02. The van der Waals surface area contributed by atoms with Crippen molar-refractivity contribution >= 4 is 11.7 Å². The molecule has 24 heavy (non-hydrogen) atoms. The van der Waals surface area contributed by atoms with Crippen LogP contribution in [0.15, 0.2) is 28.7 Å². The van der Waals surface area contributed by atoms with Crippen molar-refractivity contribution in [2.45, 2.75) is 26.4 Å². The second kappa shape index (κ2) is 6.72. The average Bonchev–Trinajstić information content (AvgIpc) is 2.87. The van der Waals surface area contributed by atoms with Crippen molar-refractivity contribution in [3.63, 3.8) is 0 Å². The van der Waals surface area contributed by atoms with Gasteiger partial charge < -0.3 is 20.2 Å². The molecule has 0 unspecified atom stereocenters. The molecular formula is C17H18FN3O3. The molecule has 1 aromatic heterocycles. The zero-order chi connectivity index (χ0) is 17.9. The van der Waals surface area contributed by atoms with Crippen LogP contribution in [0.4, 0.5) is 14.9 Å². The number of furan rings is 1. The number of aliphatic hydroxyl groups is 1. The fourth-order valence-corrected chi connectivity index (χ4v) is 2.38. The maximum atomic E-state index is 13.2. The van der Waals surface area contributed by atoms with Gasteiger partial charge in [-0.2, -0.15) is 5.26 Å². The zero-order valence-electron chi connectivity index (χ0n) is 13.6. The summed E-state index contributed by atoms with van der Waals surface area (Å²) in [7, 11) is 0. The SMILES string of the molecule is Cc1cc([C@@](C)(O)CNC(=O)Nc2ccc(F)c(C#N)c2)c(C)o1. The number of rotatable bonds is 4. The van der Waals surface area contributed by atoms with E-state index in [0.29, 0.717) is 17.1 Å². The number of hydrogen-bond acceptors (Lipinski definition) is 4. The first-order valence-corrected chi connectivity index (χ1v) is 7.27. The lowest BCUT2D eigenvalue weighted by molar-refractivity contribution is 0.0584. The summed E-state index contributed by atoms with van der Waals surface area (Å²) in [5.74, 6) is 0.594. The average molecular weight is 331 g/mol. The molecule has 3 N–H and O–H groups in total. The van der Waals surface area contributed by atoms with Crippen LogP contribution in [0.1, 0.15) is 29.6 Å². The van der Waals surface area contributed by atoms with Gasteiger partial charge in [0.15, 0.2) is 0 Å². The summed E-state index contributed by atoms with van der Waals surface area (Å²) >= 11 is 0. The first-order valence-electron chi connectivity index (χ1n) is 7.27. The van der Waals surface area contributed by atoms with E-state index in [4.69, 9.17) is 9.68 Å². The molecule has 2 aromatic rings. The van der Waals surface area contributed by atoms with Gasteiger partial charge in [0.05, 0.1) is 12.1 Å². The Labute approximate surface area is 138 Å². The van der Waals surface area contributed by atoms with Gasteiger partial charge in [0.25, 0.3) is 0 Å². The first kappa shape index (κ1) is 17.5. The van der Waals surface area contributed by atoms with Crippen molar-refractivity contribution in [2.24, 2.45) is 0 Å². The number of carbonyl (C=O) groups excluding carboxylic acids is 1. The van der Waals surface area contributed by atoms with Crippen molar-refractivity contribution in [1.29, 1.82) is 5.26 Å². The molecule has 1 heterocycles. The van der Waals surface area contributed by atoms with Crippen LogP contribution in [0.25, 0.3) is 0 Å². The van der Waals surface area contributed by atoms with Gasteiger partial charge in [0.1, 0.15) is 29.0 Å². The number of amides is 2. The predicted molar refractivity (Wildman–Crippen MR) is 85.9 cm³/mol. The van der Waals surface area contributed by atoms with Gasteiger partial charge in [0, 0.05) is 11.3 Å². The topological polar surface area (TPSA) is 98.3 Å². The Hall–Kier alpha value is -2.85. The molecule has 0 spiro atoms. The van der Waals surface area contributed by atoms with Crippen molar-refractivity contribution < 1.29 is 18.7 Å². The number of halogens is 1. The molecule has 2 rings (SSSR count). The highest BCUT2D eigenvalue weighted by molar-refractivity contribution is 5.89. The van der Waals surface area contributed by atoms with Crippen LogP contribution in [0.3, 0.4) is 0 Å². The van der Waals surface area contributed by atoms with Crippen molar-refractivity contribution in [3.8, 4) is 6.07 Å². The number of benzene rings is 1. The van der Waals surface area contributed by atoms with Gasteiger partial charge in [0.2, 0.25) is 0 Å². The van der Waals surface area contributed by atoms with Gasteiger partial charge >= 0.3 is 6.03 Å². The molecule has 0 saturated carbocycles. The number of nitrogens with one attached hydrogen (secondary N) is 2. The zero-order valence-corrected chi connectivity index (χ0v) is 13.6. The van der Waals surface area contributed by atoms with E-state index in [2.05, 4.69) is 10.6 Å². The number of aryl methyl sites for hydroxylation is 2. The van der Waals surface area contributed by atoms with Crippen molar-refractivity contribution in [1.82, 2.24) is 5.32 Å². The number of hydrogen-bond donors (Lipinski definition) is 3. The van der Waals surface area contributed by atoms with E-state index in [-0.39, 0.29) is 17.8 Å². The van der Waals surface area contributed by atoms with Crippen LogP contribution >= 0.6 is 0 Å². The van der Waals surface area contributed by atoms with Gasteiger partial charge in [-0.1, -0.05) is 0 Å². The van der Waals surface area contributed by atoms with E-state index < -0.39 is 17.4 Å². The molecule has 0 radical (unpaired) electrons. The minimum Gasteiger partial charge on any atom is -0.466 e. The van der Waals surface area contributed by atoms with Gasteiger partial charge in [-0.25, -0.2) is 9.18 Å². The molecule has 0 aliphatic rings. The molecule has 7 heteroatoms. The van der Waals surface area contributed by atoms with Gasteiger partial charge in [-0.3, -0.25) is 0 Å². The molecular weight excluding hydrogens is 313 g/mol. The van der Waals surface area contributed by atoms with E-state index in [1.807, 2.05) is 0 Å². The molecule has 2 amide bonds. The Morgan fingerprint density at radius 2 is 2.12 bits per heavy atom. The number of carbonyl (C=O) groups is 1. The van der Waals surface area contributed by atoms with E-state index in [1.165, 1.54) is 12.1 Å². The van der Waals surface area contributed by atoms with Gasteiger partial charge in [-0.05, 0) is 45.0 Å². The highest BCUT2D eigenvalue weighted by Gasteiger charge is 2.28. The smallest absolute Gasteiger partial charge is 0.319 e. The minimum atomic E-state index is -1.31. The van der Waals surface area contributed by atoms with Crippen LogP contribution in [-0.2, 0) is 5.60 Å². The van der Waals surface area contributed by atoms with E-state index in [1.54, 1.807) is 32.9 Å². The molecule has 1 atom stereocenters. The van der Waals surface area contributed by atoms with Gasteiger partial charge in [-0.15, -0.1) is 0 Å².